The molecule has 170 valence electrons. The second kappa shape index (κ2) is 9.86. The summed E-state index contributed by atoms with van der Waals surface area (Å²) in [5, 5.41) is 11.2. The SMILES string of the molecule is CCCCc1nc(=O)c(S(=O)(=O)Cc2ccccc2)c(O)n1-c1c(OC)cccc1OC. The van der Waals surface area contributed by atoms with Crippen LogP contribution in [0.4, 0.5) is 0 Å². The number of aromatic hydroxyl groups is 1. The zero-order chi connectivity index (χ0) is 23.3. The number of hydrogen-bond donors (Lipinski definition) is 1. The Bertz CT molecular complexity index is 1230. The number of aryl methyl sites for hydroxylation is 1. The highest BCUT2D eigenvalue weighted by molar-refractivity contribution is 7.90. The number of rotatable bonds is 9. The fraction of sp³-hybridized carbons (Fsp3) is 0.304. The monoisotopic (exact) mass is 458 g/mol. The van der Waals surface area contributed by atoms with Gasteiger partial charge in [0.2, 0.25) is 5.88 Å². The van der Waals surface area contributed by atoms with Crippen molar-refractivity contribution < 1.29 is 23.0 Å². The molecule has 0 amide bonds. The van der Waals surface area contributed by atoms with Gasteiger partial charge in [0.1, 0.15) is 23.0 Å². The van der Waals surface area contributed by atoms with E-state index >= 15 is 0 Å². The molecule has 0 atom stereocenters. The zero-order valence-electron chi connectivity index (χ0n) is 18.2. The molecule has 0 radical (unpaired) electrons. The maximum Gasteiger partial charge on any atom is 0.295 e. The fourth-order valence-corrected chi connectivity index (χ4v) is 4.92. The topological polar surface area (TPSA) is 108 Å². The molecule has 32 heavy (non-hydrogen) atoms. The van der Waals surface area contributed by atoms with E-state index in [2.05, 4.69) is 4.98 Å². The van der Waals surface area contributed by atoms with Crippen LogP contribution in [0.15, 0.2) is 58.2 Å². The van der Waals surface area contributed by atoms with Crippen molar-refractivity contribution in [1.82, 2.24) is 9.55 Å². The van der Waals surface area contributed by atoms with Crippen molar-refractivity contribution in [3.8, 4) is 23.1 Å². The molecule has 2 aromatic carbocycles. The van der Waals surface area contributed by atoms with Crippen LogP contribution in [-0.2, 0) is 22.0 Å². The summed E-state index contributed by atoms with van der Waals surface area (Å²) in [5.74, 6) is -0.287. The van der Waals surface area contributed by atoms with E-state index in [1.807, 2.05) is 6.92 Å². The van der Waals surface area contributed by atoms with Crippen LogP contribution in [0.5, 0.6) is 17.4 Å². The van der Waals surface area contributed by atoms with Crippen LogP contribution < -0.4 is 15.0 Å². The van der Waals surface area contributed by atoms with Gasteiger partial charge in [-0.25, -0.2) is 8.42 Å². The van der Waals surface area contributed by atoms with Crippen molar-refractivity contribution in [2.24, 2.45) is 0 Å². The molecule has 0 saturated heterocycles. The highest BCUT2D eigenvalue weighted by atomic mass is 32.2. The smallest absolute Gasteiger partial charge is 0.295 e. The van der Waals surface area contributed by atoms with Crippen LogP contribution in [0, 0.1) is 0 Å². The quantitative estimate of drug-likeness (QED) is 0.524. The third kappa shape index (κ3) is 4.62. The largest absolute Gasteiger partial charge is 0.494 e. The molecule has 0 fully saturated rings. The maximum atomic E-state index is 13.2. The first kappa shape index (κ1) is 23.3. The predicted octanol–water partition coefficient (Wildman–Crippen LogP) is 3.27. The second-order valence-corrected chi connectivity index (χ2v) is 9.11. The number of nitrogens with zero attached hydrogens (tertiary/aromatic N) is 2. The number of methoxy groups -OCH3 is 2. The summed E-state index contributed by atoms with van der Waals surface area (Å²) in [6.07, 6.45) is 1.84. The highest BCUT2D eigenvalue weighted by Crippen LogP contribution is 2.37. The van der Waals surface area contributed by atoms with Crippen LogP contribution in [0.1, 0.15) is 31.2 Å². The summed E-state index contributed by atoms with van der Waals surface area (Å²) in [5.41, 5.74) is -0.234. The lowest BCUT2D eigenvalue weighted by molar-refractivity contribution is 0.374. The minimum absolute atomic E-state index is 0.218. The van der Waals surface area contributed by atoms with Crippen molar-refractivity contribution in [1.29, 1.82) is 0 Å². The van der Waals surface area contributed by atoms with E-state index in [-0.39, 0.29) is 11.5 Å². The third-order valence-corrected chi connectivity index (χ3v) is 6.68. The number of ether oxygens (including phenoxy) is 2. The van der Waals surface area contributed by atoms with Crippen molar-refractivity contribution in [2.75, 3.05) is 14.2 Å². The van der Waals surface area contributed by atoms with Crippen molar-refractivity contribution in [3.63, 3.8) is 0 Å². The molecule has 8 nitrogen and oxygen atoms in total. The van der Waals surface area contributed by atoms with Crippen LogP contribution in [0.3, 0.4) is 0 Å². The summed E-state index contributed by atoms with van der Waals surface area (Å²) in [4.78, 5) is 16.1. The molecule has 1 N–H and O–H groups in total. The molecule has 0 bridgehead atoms. The average Bonchev–Trinajstić information content (AvgIpc) is 2.77. The molecule has 0 saturated carbocycles. The summed E-state index contributed by atoms with van der Waals surface area (Å²) < 4.78 is 38.5. The van der Waals surface area contributed by atoms with Crippen LogP contribution in [0.25, 0.3) is 5.69 Å². The van der Waals surface area contributed by atoms with E-state index in [1.165, 1.54) is 18.8 Å². The lowest BCUT2D eigenvalue weighted by atomic mass is 10.2. The number of benzene rings is 2. The van der Waals surface area contributed by atoms with E-state index in [0.717, 1.165) is 6.42 Å². The van der Waals surface area contributed by atoms with E-state index in [4.69, 9.17) is 9.47 Å². The molecular formula is C23H26N2O6S. The number of aromatic nitrogens is 2. The first-order valence-electron chi connectivity index (χ1n) is 10.2. The Morgan fingerprint density at radius 3 is 2.19 bits per heavy atom. The average molecular weight is 459 g/mol. The molecule has 0 unspecified atom stereocenters. The summed E-state index contributed by atoms with van der Waals surface area (Å²) in [7, 11) is -1.31. The Morgan fingerprint density at radius 2 is 1.62 bits per heavy atom. The molecule has 0 aliphatic carbocycles. The number of hydrogen-bond acceptors (Lipinski definition) is 7. The molecule has 9 heteroatoms. The van der Waals surface area contributed by atoms with Crippen LogP contribution >= 0.6 is 0 Å². The van der Waals surface area contributed by atoms with Gasteiger partial charge in [-0.3, -0.25) is 9.36 Å². The molecule has 0 aliphatic rings. The van der Waals surface area contributed by atoms with Crippen molar-refractivity contribution in [3.05, 3.63) is 70.3 Å². The van der Waals surface area contributed by atoms with Crippen molar-refractivity contribution in [2.45, 2.75) is 36.8 Å². The Morgan fingerprint density at radius 1 is 1.00 bits per heavy atom. The first-order chi connectivity index (χ1) is 15.3. The lowest BCUT2D eigenvalue weighted by Crippen LogP contribution is -2.25. The summed E-state index contributed by atoms with van der Waals surface area (Å²) in [6, 6.07) is 13.4. The Balaban J connectivity index is 2.31. The highest BCUT2D eigenvalue weighted by Gasteiger charge is 2.30. The van der Waals surface area contributed by atoms with Crippen LogP contribution in [0.2, 0.25) is 0 Å². The van der Waals surface area contributed by atoms with Crippen molar-refractivity contribution >= 4 is 9.84 Å². The van der Waals surface area contributed by atoms with Gasteiger partial charge in [-0.15, -0.1) is 0 Å². The molecule has 1 heterocycles. The minimum Gasteiger partial charge on any atom is -0.494 e. The van der Waals surface area contributed by atoms with Gasteiger partial charge in [-0.05, 0) is 24.1 Å². The normalized spacial score (nSPS) is 11.3. The van der Waals surface area contributed by atoms with Gasteiger partial charge in [0.05, 0.1) is 20.0 Å². The Hall–Kier alpha value is -3.33. The van der Waals surface area contributed by atoms with Gasteiger partial charge in [-0.2, -0.15) is 4.98 Å². The lowest BCUT2D eigenvalue weighted by Gasteiger charge is -2.21. The zero-order valence-corrected chi connectivity index (χ0v) is 19.1. The van der Waals surface area contributed by atoms with E-state index < -0.39 is 31.9 Å². The summed E-state index contributed by atoms with van der Waals surface area (Å²) in [6.45, 7) is 1.98. The van der Waals surface area contributed by atoms with Gasteiger partial charge >= 0.3 is 0 Å². The molecule has 0 aliphatic heterocycles. The van der Waals surface area contributed by atoms with E-state index in [1.54, 1.807) is 48.5 Å². The maximum absolute atomic E-state index is 13.2. The van der Waals surface area contributed by atoms with Gasteiger partial charge in [0, 0.05) is 6.42 Å². The second-order valence-electron chi connectivity index (χ2n) is 7.18. The van der Waals surface area contributed by atoms with Gasteiger partial charge in [0.15, 0.2) is 14.7 Å². The first-order valence-corrected chi connectivity index (χ1v) is 11.8. The molecular weight excluding hydrogens is 432 g/mol. The fourth-order valence-electron chi connectivity index (χ4n) is 3.46. The predicted molar refractivity (Wildman–Crippen MR) is 121 cm³/mol. The molecule has 3 rings (SSSR count). The summed E-state index contributed by atoms with van der Waals surface area (Å²) >= 11 is 0. The minimum atomic E-state index is -4.21. The Labute approximate surface area is 187 Å². The van der Waals surface area contributed by atoms with Gasteiger partial charge < -0.3 is 14.6 Å². The molecule has 1 aromatic heterocycles. The van der Waals surface area contributed by atoms with Crippen LogP contribution in [-0.4, -0.2) is 37.3 Å². The molecule has 3 aromatic rings. The standard InChI is InChI=1S/C23H26N2O6S/c1-4-5-14-19-24-22(26)21(32(28,29)15-16-10-7-6-8-11-16)23(27)25(19)20-17(30-2)12-9-13-18(20)31-3/h6-13,27H,4-5,14-15H2,1-3H3. The number of sulfone groups is 1. The van der Waals surface area contributed by atoms with E-state index in [9.17, 15) is 18.3 Å². The van der Waals surface area contributed by atoms with E-state index in [0.29, 0.717) is 29.9 Å². The molecule has 0 spiro atoms. The van der Waals surface area contributed by atoms with Gasteiger partial charge in [0.25, 0.3) is 5.56 Å². The third-order valence-electron chi connectivity index (χ3n) is 4.99. The Kier molecular flexibility index (Phi) is 7.19. The van der Waals surface area contributed by atoms with Gasteiger partial charge in [-0.1, -0.05) is 49.7 Å². The number of unbranched alkanes of at least 4 members (excludes halogenated alkanes) is 1. The number of para-hydroxylation sites is 1.